The second-order valence-corrected chi connectivity index (χ2v) is 8.02. The van der Waals surface area contributed by atoms with E-state index < -0.39 is 0 Å². The molecule has 0 radical (unpaired) electrons. The van der Waals surface area contributed by atoms with Crippen LogP contribution in [0.3, 0.4) is 0 Å². The smallest absolute Gasteiger partial charge is 0.251 e. The highest BCUT2D eigenvalue weighted by Gasteiger charge is 2.14. The minimum absolute atomic E-state index is 0.167. The zero-order valence-corrected chi connectivity index (χ0v) is 19.4. The molecular formula is C27H22FN5O3. The van der Waals surface area contributed by atoms with Crippen molar-refractivity contribution in [1.29, 1.82) is 0 Å². The Bertz CT molecular complexity index is 1460. The maximum atomic E-state index is 13.5. The third-order valence-electron chi connectivity index (χ3n) is 5.42. The van der Waals surface area contributed by atoms with Crippen LogP contribution in [0.15, 0.2) is 89.6 Å². The van der Waals surface area contributed by atoms with Crippen molar-refractivity contribution in [2.24, 2.45) is 0 Å². The predicted octanol–water partition coefficient (Wildman–Crippen LogP) is 4.88. The number of hydrogen-bond donors (Lipinski definition) is 1. The summed E-state index contributed by atoms with van der Waals surface area (Å²) in [6.07, 6.45) is 1.87. The van der Waals surface area contributed by atoms with Gasteiger partial charge in [0.2, 0.25) is 11.7 Å². The number of aromatic nitrogens is 4. The lowest BCUT2D eigenvalue weighted by Gasteiger charge is -2.07. The molecule has 0 spiro atoms. The van der Waals surface area contributed by atoms with E-state index in [-0.39, 0.29) is 24.9 Å². The number of benzene rings is 3. The minimum Gasteiger partial charge on any atom is -0.485 e. The summed E-state index contributed by atoms with van der Waals surface area (Å²) in [7, 11) is 0. The molecule has 8 nitrogen and oxygen atoms in total. The molecule has 9 heteroatoms. The van der Waals surface area contributed by atoms with Crippen LogP contribution >= 0.6 is 0 Å². The molecule has 0 saturated carbocycles. The van der Waals surface area contributed by atoms with E-state index in [1.807, 2.05) is 36.5 Å². The first kappa shape index (κ1) is 23.0. The maximum Gasteiger partial charge on any atom is 0.251 e. The van der Waals surface area contributed by atoms with Gasteiger partial charge in [-0.1, -0.05) is 23.4 Å². The number of nitrogens with zero attached hydrogens (tertiary/aromatic N) is 4. The third kappa shape index (κ3) is 5.30. The molecular weight excluding hydrogens is 461 g/mol. The lowest BCUT2D eigenvalue weighted by atomic mass is 10.1. The average Bonchev–Trinajstić information content (AvgIpc) is 3.53. The Labute approximate surface area is 206 Å². The summed E-state index contributed by atoms with van der Waals surface area (Å²) in [5.74, 6) is 0.931. The molecule has 0 fully saturated rings. The van der Waals surface area contributed by atoms with Crippen LogP contribution < -0.4 is 10.1 Å². The lowest BCUT2D eigenvalue weighted by molar-refractivity contribution is 0.0951. The number of carbonyl (C=O) groups excluding carboxylic acids is 1. The Hall–Kier alpha value is -4.79. The van der Waals surface area contributed by atoms with Gasteiger partial charge >= 0.3 is 0 Å². The Balaban J connectivity index is 1.29. The van der Waals surface area contributed by atoms with E-state index in [2.05, 4.69) is 15.5 Å². The van der Waals surface area contributed by atoms with Crippen molar-refractivity contribution in [2.45, 2.75) is 20.1 Å². The summed E-state index contributed by atoms with van der Waals surface area (Å²) >= 11 is 0. The third-order valence-corrected chi connectivity index (χ3v) is 5.42. The molecule has 1 N–H and O–H groups in total. The molecule has 0 aliphatic rings. The molecule has 3 aromatic carbocycles. The molecule has 0 bridgehead atoms. The molecule has 2 aromatic heterocycles. The van der Waals surface area contributed by atoms with Crippen molar-refractivity contribution in [3.8, 4) is 22.7 Å². The molecule has 2 heterocycles. The quantitative estimate of drug-likeness (QED) is 0.338. The van der Waals surface area contributed by atoms with Crippen LogP contribution in [-0.4, -0.2) is 25.8 Å². The first-order chi connectivity index (χ1) is 17.5. The molecule has 5 aromatic rings. The van der Waals surface area contributed by atoms with Gasteiger partial charge in [0.15, 0.2) is 6.61 Å². The van der Waals surface area contributed by atoms with Gasteiger partial charge in [0, 0.05) is 36.4 Å². The molecule has 1 amide bonds. The first-order valence-electron chi connectivity index (χ1n) is 11.3. The second kappa shape index (κ2) is 10.2. The van der Waals surface area contributed by atoms with Crippen LogP contribution in [-0.2, 0) is 13.2 Å². The average molecular weight is 484 g/mol. The molecule has 0 aliphatic heterocycles. The highest BCUT2D eigenvalue weighted by molar-refractivity contribution is 5.94. The molecule has 0 aliphatic carbocycles. The minimum atomic E-state index is -0.323. The fourth-order valence-electron chi connectivity index (χ4n) is 3.63. The Morgan fingerprint density at radius 2 is 1.78 bits per heavy atom. The van der Waals surface area contributed by atoms with Gasteiger partial charge in [-0.2, -0.15) is 10.1 Å². The zero-order valence-electron chi connectivity index (χ0n) is 19.4. The molecule has 0 atom stereocenters. The van der Waals surface area contributed by atoms with Crippen LogP contribution in [0.1, 0.15) is 27.6 Å². The number of ether oxygens (including phenoxy) is 1. The van der Waals surface area contributed by atoms with Crippen molar-refractivity contribution in [3.63, 3.8) is 0 Å². The summed E-state index contributed by atoms with van der Waals surface area (Å²) in [6.45, 7) is 2.12. The largest absolute Gasteiger partial charge is 0.485 e. The van der Waals surface area contributed by atoms with E-state index in [4.69, 9.17) is 14.4 Å². The molecule has 0 unspecified atom stereocenters. The summed E-state index contributed by atoms with van der Waals surface area (Å²) in [5, 5.41) is 11.4. The summed E-state index contributed by atoms with van der Waals surface area (Å²) < 4.78 is 25.8. The predicted molar refractivity (Wildman–Crippen MR) is 130 cm³/mol. The van der Waals surface area contributed by atoms with Crippen LogP contribution in [0, 0.1) is 12.7 Å². The van der Waals surface area contributed by atoms with Gasteiger partial charge in [-0.3, -0.25) is 4.79 Å². The summed E-state index contributed by atoms with van der Waals surface area (Å²) in [5.41, 5.74) is 3.59. The SMILES string of the molecule is Cc1nc(COc2ccc(C(=O)NCc3cn(-c4ccccc4)nc3-c3ccc(F)cc3)cc2)no1. The number of carbonyl (C=O) groups is 1. The van der Waals surface area contributed by atoms with Gasteiger partial charge in [0.1, 0.15) is 11.6 Å². The van der Waals surface area contributed by atoms with E-state index in [1.165, 1.54) is 12.1 Å². The maximum absolute atomic E-state index is 13.5. The highest BCUT2D eigenvalue weighted by Crippen LogP contribution is 2.24. The van der Waals surface area contributed by atoms with E-state index in [0.717, 1.165) is 16.8 Å². The normalized spacial score (nSPS) is 10.8. The number of nitrogens with one attached hydrogen (secondary N) is 1. The van der Waals surface area contributed by atoms with Gasteiger partial charge in [0.05, 0.1) is 11.4 Å². The van der Waals surface area contributed by atoms with Crippen molar-refractivity contribution in [2.75, 3.05) is 0 Å². The molecule has 180 valence electrons. The Morgan fingerprint density at radius 3 is 2.47 bits per heavy atom. The van der Waals surface area contributed by atoms with Crippen molar-refractivity contribution in [1.82, 2.24) is 25.2 Å². The van der Waals surface area contributed by atoms with Crippen LogP contribution in [0.4, 0.5) is 4.39 Å². The van der Waals surface area contributed by atoms with Gasteiger partial charge in [-0.15, -0.1) is 0 Å². The summed E-state index contributed by atoms with van der Waals surface area (Å²) in [4.78, 5) is 16.9. The Kier molecular flexibility index (Phi) is 6.53. The first-order valence-corrected chi connectivity index (χ1v) is 11.3. The van der Waals surface area contributed by atoms with E-state index in [0.29, 0.717) is 28.7 Å². The van der Waals surface area contributed by atoms with Crippen molar-refractivity contribution in [3.05, 3.63) is 114 Å². The van der Waals surface area contributed by atoms with Crippen molar-refractivity contribution < 1.29 is 18.4 Å². The summed E-state index contributed by atoms with van der Waals surface area (Å²) in [6, 6.07) is 22.6. The van der Waals surface area contributed by atoms with E-state index >= 15 is 0 Å². The zero-order chi connectivity index (χ0) is 24.9. The van der Waals surface area contributed by atoms with Gasteiger partial charge in [0.25, 0.3) is 5.91 Å². The highest BCUT2D eigenvalue weighted by atomic mass is 19.1. The molecule has 0 saturated heterocycles. The Morgan fingerprint density at radius 1 is 1.03 bits per heavy atom. The van der Waals surface area contributed by atoms with E-state index in [1.54, 1.807) is 48.0 Å². The van der Waals surface area contributed by atoms with Gasteiger partial charge in [-0.25, -0.2) is 9.07 Å². The topological polar surface area (TPSA) is 95.1 Å². The van der Waals surface area contributed by atoms with E-state index in [9.17, 15) is 9.18 Å². The fourth-order valence-corrected chi connectivity index (χ4v) is 3.63. The van der Waals surface area contributed by atoms with Crippen molar-refractivity contribution >= 4 is 5.91 Å². The standard InChI is InChI=1S/C27H22FN5O3/c1-18-30-25(32-36-18)17-35-24-13-9-20(10-14-24)27(34)29-15-21-16-33(23-5-3-2-4-6-23)31-26(21)19-7-11-22(28)12-8-19/h2-14,16H,15,17H2,1H3,(H,29,34). The van der Waals surface area contributed by atoms with Gasteiger partial charge in [-0.05, 0) is 60.7 Å². The fraction of sp³-hybridized carbons (Fsp3) is 0.111. The van der Waals surface area contributed by atoms with Crippen LogP contribution in [0.25, 0.3) is 16.9 Å². The lowest BCUT2D eigenvalue weighted by Crippen LogP contribution is -2.22. The second-order valence-electron chi connectivity index (χ2n) is 8.02. The number of aryl methyl sites for hydroxylation is 1. The molecule has 5 rings (SSSR count). The monoisotopic (exact) mass is 483 g/mol. The van der Waals surface area contributed by atoms with Crippen LogP contribution in [0.2, 0.25) is 0 Å². The number of para-hydroxylation sites is 1. The number of amides is 1. The molecule has 36 heavy (non-hydrogen) atoms. The van der Waals surface area contributed by atoms with Crippen LogP contribution in [0.5, 0.6) is 5.75 Å². The number of halogens is 1. The number of rotatable bonds is 8. The number of hydrogen-bond acceptors (Lipinski definition) is 6. The van der Waals surface area contributed by atoms with Gasteiger partial charge < -0.3 is 14.6 Å².